The zero-order valence-corrected chi connectivity index (χ0v) is 16.6. The van der Waals surface area contributed by atoms with Gasteiger partial charge in [0.15, 0.2) is 11.8 Å². The Morgan fingerprint density at radius 1 is 1.35 bits per heavy atom. The van der Waals surface area contributed by atoms with Gasteiger partial charge in [0.25, 0.3) is 0 Å². The largest absolute Gasteiger partial charge is 0.357 e. The van der Waals surface area contributed by atoms with E-state index in [1.807, 2.05) is 45.0 Å². The van der Waals surface area contributed by atoms with Crippen molar-refractivity contribution in [3.05, 3.63) is 29.6 Å². The predicted octanol–water partition coefficient (Wildman–Crippen LogP) is 1.07. The molecular weight excluding hydrogens is 407 g/mol. The van der Waals surface area contributed by atoms with Crippen LogP contribution in [0.1, 0.15) is 24.1 Å². The molecule has 2 aromatic rings. The maximum atomic E-state index is 4.64. The van der Waals surface area contributed by atoms with Crippen molar-refractivity contribution < 1.29 is 0 Å². The molecule has 0 aliphatic heterocycles. The van der Waals surface area contributed by atoms with Crippen LogP contribution in [0.4, 0.5) is 0 Å². The van der Waals surface area contributed by atoms with E-state index in [4.69, 9.17) is 0 Å². The fourth-order valence-corrected chi connectivity index (χ4v) is 2.11. The summed E-state index contributed by atoms with van der Waals surface area (Å²) >= 11 is 0. The highest BCUT2D eigenvalue weighted by Gasteiger charge is 2.09. The lowest BCUT2D eigenvalue weighted by Gasteiger charge is -2.21. The molecule has 0 bridgehead atoms. The van der Waals surface area contributed by atoms with Gasteiger partial charge in [-0.05, 0) is 13.8 Å². The van der Waals surface area contributed by atoms with Crippen molar-refractivity contribution in [2.24, 2.45) is 19.1 Å². The van der Waals surface area contributed by atoms with Crippen LogP contribution in [-0.2, 0) is 27.2 Å². The third-order valence-electron chi connectivity index (χ3n) is 3.43. The number of aromatic nitrogens is 5. The van der Waals surface area contributed by atoms with Crippen molar-refractivity contribution in [1.82, 2.24) is 34.8 Å². The van der Waals surface area contributed by atoms with Gasteiger partial charge in [0, 0.05) is 46.0 Å². The lowest BCUT2D eigenvalue weighted by atomic mass is 10.3. The number of nitrogens with one attached hydrogen (secondary N) is 1. The van der Waals surface area contributed by atoms with Crippen molar-refractivity contribution in [2.75, 3.05) is 13.6 Å². The third-order valence-corrected chi connectivity index (χ3v) is 3.43. The van der Waals surface area contributed by atoms with E-state index in [1.54, 1.807) is 4.68 Å². The van der Waals surface area contributed by atoms with Crippen molar-refractivity contribution in [1.29, 1.82) is 0 Å². The normalized spacial score (nSPS) is 11.3. The van der Waals surface area contributed by atoms with Gasteiger partial charge in [-0.1, -0.05) is 0 Å². The Morgan fingerprint density at radius 2 is 2.09 bits per heavy atom. The van der Waals surface area contributed by atoms with Crippen LogP contribution in [0.3, 0.4) is 0 Å². The lowest BCUT2D eigenvalue weighted by molar-refractivity contribution is 0.476. The maximum absolute atomic E-state index is 4.64. The number of guanidine groups is 1. The second-order valence-electron chi connectivity index (χ2n) is 5.27. The van der Waals surface area contributed by atoms with E-state index in [1.165, 1.54) is 0 Å². The van der Waals surface area contributed by atoms with Crippen LogP contribution in [0.15, 0.2) is 17.4 Å². The first kappa shape index (κ1) is 19.4. The molecule has 2 heterocycles. The summed E-state index contributed by atoms with van der Waals surface area (Å²) in [7, 11) is 5.88. The quantitative estimate of drug-likeness (QED) is 0.435. The van der Waals surface area contributed by atoms with Gasteiger partial charge >= 0.3 is 0 Å². The average molecular weight is 432 g/mol. The molecule has 0 unspecified atom stereocenters. The molecule has 0 saturated heterocycles. The smallest absolute Gasteiger partial charge is 0.194 e. The number of aryl methyl sites for hydroxylation is 2. The first-order valence-corrected chi connectivity index (χ1v) is 7.33. The molecule has 9 heteroatoms. The van der Waals surface area contributed by atoms with E-state index in [-0.39, 0.29) is 24.0 Å². The van der Waals surface area contributed by atoms with Crippen LogP contribution in [0.2, 0.25) is 0 Å². The maximum Gasteiger partial charge on any atom is 0.194 e. The summed E-state index contributed by atoms with van der Waals surface area (Å²) in [5.41, 5.74) is 1.14. The second kappa shape index (κ2) is 8.85. The van der Waals surface area contributed by atoms with E-state index in [0.717, 1.165) is 36.3 Å². The number of aliphatic imine (C=N–C) groups is 1. The molecule has 1 N–H and O–H groups in total. The Morgan fingerprint density at radius 3 is 2.61 bits per heavy atom. The second-order valence-corrected chi connectivity index (χ2v) is 5.27. The van der Waals surface area contributed by atoms with E-state index in [2.05, 4.69) is 37.4 Å². The van der Waals surface area contributed by atoms with E-state index in [9.17, 15) is 0 Å². The predicted molar refractivity (Wildman–Crippen MR) is 101 cm³/mol. The number of hydrogen-bond donors (Lipinski definition) is 1. The van der Waals surface area contributed by atoms with Crippen LogP contribution in [0.5, 0.6) is 0 Å². The van der Waals surface area contributed by atoms with Crippen molar-refractivity contribution >= 4 is 29.9 Å². The van der Waals surface area contributed by atoms with Gasteiger partial charge in [0.05, 0.1) is 6.20 Å². The van der Waals surface area contributed by atoms with E-state index < -0.39 is 0 Å². The SMILES string of the molecule is CCNC(=NCc1nnc(C)n1C)N(C)Cc1cnn(C)c1.I. The summed E-state index contributed by atoms with van der Waals surface area (Å²) in [5.74, 6) is 2.58. The lowest BCUT2D eigenvalue weighted by Crippen LogP contribution is -2.38. The molecule has 0 atom stereocenters. The number of rotatable bonds is 5. The first-order chi connectivity index (χ1) is 10.5. The molecule has 0 fully saturated rings. The summed E-state index contributed by atoms with van der Waals surface area (Å²) in [5, 5.41) is 15.7. The standard InChI is InChI=1S/C14H24N8.HI/c1-6-15-14(16-8-13-19-18-11(2)22(13)5)20(3)9-12-7-17-21(4)10-12;/h7,10H,6,8-9H2,1-5H3,(H,15,16);1H. The molecule has 0 spiro atoms. The van der Waals surface area contributed by atoms with Gasteiger partial charge in [-0.15, -0.1) is 34.2 Å². The summed E-state index contributed by atoms with van der Waals surface area (Å²) in [4.78, 5) is 6.71. The van der Waals surface area contributed by atoms with Gasteiger partial charge in [0.2, 0.25) is 0 Å². The van der Waals surface area contributed by atoms with Crippen molar-refractivity contribution in [2.45, 2.75) is 26.9 Å². The molecule has 0 radical (unpaired) electrons. The Balaban J connectivity index is 0.00000264. The zero-order valence-electron chi connectivity index (χ0n) is 14.3. The molecule has 128 valence electrons. The molecule has 0 saturated carbocycles. The number of nitrogens with zero attached hydrogens (tertiary/aromatic N) is 7. The Kier molecular flexibility index (Phi) is 7.46. The van der Waals surface area contributed by atoms with Gasteiger partial charge in [-0.25, -0.2) is 4.99 Å². The van der Waals surface area contributed by atoms with Crippen molar-refractivity contribution in [3.8, 4) is 0 Å². The van der Waals surface area contributed by atoms with E-state index in [0.29, 0.717) is 6.54 Å². The van der Waals surface area contributed by atoms with Crippen LogP contribution in [-0.4, -0.2) is 49.0 Å². The van der Waals surface area contributed by atoms with Gasteiger partial charge < -0.3 is 14.8 Å². The summed E-state index contributed by atoms with van der Waals surface area (Å²) in [6.45, 7) is 6.04. The Bertz CT molecular complexity index is 645. The summed E-state index contributed by atoms with van der Waals surface area (Å²) in [6.07, 6.45) is 3.87. The minimum atomic E-state index is 0. The number of halogens is 1. The molecule has 0 aliphatic carbocycles. The molecule has 0 aliphatic rings. The Labute approximate surface area is 154 Å². The van der Waals surface area contributed by atoms with Gasteiger partial charge in [-0.3, -0.25) is 4.68 Å². The van der Waals surface area contributed by atoms with Crippen molar-refractivity contribution in [3.63, 3.8) is 0 Å². The highest BCUT2D eigenvalue weighted by molar-refractivity contribution is 14.0. The molecule has 0 amide bonds. The molecule has 2 rings (SSSR count). The minimum absolute atomic E-state index is 0. The fraction of sp³-hybridized carbons (Fsp3) is 0.571. The first-order valence-electron chi connectivity index (χ1n) is 7.33. The van der Waals surface area contributed by atoms with Gasteiger partial charge in [0.1, 0.15) is 12.4 Å². The Hall–Kier alpha value is -1.65. The number of hydrogen-bond acceptors (Lipinski definition) is 4. The molecular formula is C14H25IN8. The van der Waals surface area contributed by atoms with Gasteiger partial charge in [-0.2, -0.15) is 5.10 Å². The average Bonchev–Trinajstić information content (AvgIpc) is 3.03. The zero-order chi connectivity index (χ0) is 16.1. The summed E-state index contributed by atoms with van der Waals surface area (Å²) in [6, 6.07) is 0. The molecule has 0 aromatic carbocycles. The fourth-order valence-electron chi connectivity index (χ4n) is 2.11. The van der Waals surface area contributed by atoms with E-state index >= 15 is 0 Å². The van der Waals surface area contributed by atoms with Crippen LogP contribution >= 0.6 is 24.0 Å². The third kappa shape index (κ3) is 5.19. The molecule has 8 nitrogen and oxygen atoms in total. The summed E-state index contributed by atoms with van der Waals surface area (Å²) < 4.78 is 3.75. The highest BCUT2D eigenvalue weighted by atomic mass is 127. The monoisotopic (exact) mass is 432 g/mol. The molecule has 23 heavy (non-hydrogen) atoms. The minimum Gasteiger partial charge on any atom is -0.357 e. The van der Waals surface area contributed by atoms with Crippen LogP contribution in [0, 0.1) is 6.92 Å². The molecule has 2 aromatic heterocycles. The highest BCUT2D eigenvalue weighted by Crippen LogP contribution is 2.04. The van der Waals surface area contributed by atoms with Crippen LogP contribution < -0.4 is 5.32 Å². The van der Waals surface area contributed by atoms with Crippen LogP contribution in [0.25, 0.3) is 0 Å². The topological polar surface area (TPSA) is 76.2 Å².